The van der Waals surface area contributed by atoms with Gasteiger partial charge in [0.15, 0.2) is 0 Å². The molecule has 2 fully saturated rings. The summed E-state index contributed by atoms with van der Waals surface area (Å²) >= 11 is 0. The maximum absolute atomic E-state index is 12.9. The highest BCUT2D eigenvalue weighted by Crippen LogP contribution is 2.30. The number of urea groups is 1. The molecule has 6 nitrogen and oxygen atoms in total. The number of carbonyl (C=O) groups excluding carboxylic acids is 2. The van der Waals surface area contributed by atoms with Crippen molar-refractivity contribution in [3.8, 4) is 0 Å². The predicted octanol–water partition coefficient (Wildman–Crippen LogP) is 1.67. The number of benzene rings is 1. The molecule has 6 heteroatoms. The third-order valence-corrected chi connectivity index (χ3v) is 5.21. The highest BCUT2D eigenvalue weighted by molar-refractivity contribution is 5.91. The van der Waals surface area contributed by atoms with Gasteiger partial charge in [0.25, 0.3) is 0 Å². The highest BCUT2D eigenvalue weighted by atomic mass is 16.2. The average molecular weight is 344 g/mol. The standard InChI is InChI=1S/C19H28N4O2/c24-17(22-16-8-12-20-13-9-16)19(10-4-5-11-19)23-18(25)21-14-15-6-2-1-3-7-15/h1-3,6-7,16,20H,4-5,8-14H2,(H,22,24)(H2,21,23,25). The molecule has 0 aromatic heterocycles. The van der Waals surface area contributed by atoms with Gasteiger partial charge in [-0.2, -0.15) is 0 Å². The Bertz CT molecular complexity index is 578. The molecule has 25 heavy (non-hydrogen) atoms. The quantitative estimate of drug-likeness (QED) is 0.656. The lowest BCUT2D eigenvalue weighted by Crippen LogP contribution is -2.61. The van der Waals surface area contributed by atoms with Crippen LogP contribution in [0.5, 0.6) is 0 Å². The number of rotatable bonds is 5. The Morgan fingerprint density at radius 2 is 1.76 bits per heavy atom. The van der Waals surface area contributed by atoms with E-state index in [0.717, 1.165) is 44.3 Å². The maximum atomic E-state index is 12.9. The van der Waals surface area contributed by atoms with Gasteiger partial charge in [-0.3, -0.25) is 4.79 Å². The fraction of sp³-hybridized carbons (Fsp3) is 0.579. The van der Waals surface area contributed by atoms with E-state index in [2.05, 4.69) is 21.3 Å². The van der Waals surface area contributed by atoms with Crippen LogP contribution in [0.2, 0.25) is 0 Å². The van der Waals surface area contributed by atoms with Crippen LogP contribution in [0.25, 0.3) is 0 Å². The molecule has 1 saturated carbocycles. The molecule has 1 aliphatic carbocycles. The molecule has 0 unspecified atom stereocenters. The van der Waals surface area contributed by atoms with Crippen molar-refractivity contribution in [2.24, 2.45) is 0 Å². The topological polar surface area (TPSA) is 82.3 Å². The van der Waals surface area contributed by atoms with Crippen molar-refractivity contribution in [3.05, 3.63) is 35.9 Å². The molecule has 1 heterocycles. The van der Waals surface area contributed by atoms with Gasteiger partial charge in [0.05, 0.1) is 0 Å². The molecule has 1 aromatic carbocycles. The number of hydrogen-bond donors (Lipinski definition) is 4. The molecular formula is C19H28N4O2. The second kappa shape index (κ2) is 8.34. The van der Waals surface area contributed by atoms with Gasteiger partial charge in [0.2, 0.25) is 5.91 Å². The van der Waals surface area contributed by atoms with Crippen molar-refractivity contribution in [3.63, 3.8) is 0 Å². The molecule has 2 aliphatic rings. The van der Waals surface area contributed by atoms with E-state index >= 15 is 0 Å². The van der Waals surface area contributed by atoms with Crippen LogP contribution >= 0.6 is 0 Å². The molecule has 0 spiro atoms. The minimum Gasteiger partial charge on any atom is -0.351 e. The van der Waals surface area contributed by atoms with Crippen LogP contribution in [-0.2, 0) is 11.3 Å². The Morgan fingerprint density at radius 3 is 2.44 bits per heavy atom. The Morgan fingerprint density at radius 1 is 1.08 bits per heavy atom. The van der Waals surface area contributed by atoms with E-state index in [1.807, 2.05) is 30.3 Å². The largest absolute Gasteiger partial charge is 0.351 e. The van der Waals surface area contributed by atoms with Crippen LogP contribution in [-0.4, -0.2) is 36.6 Å². The van der Waals surface area contributed by atoms with E-state index in [1.54, 1.807) is 0 Å². The fourth-order valence-corrected chi connectivity index (χ4v) is 3.72. The second-order valence-electron chi connectivity index (χ2n) is 7.08. The minimum atomic E-state index is -0.758. The van der Waals surface area contributed by atoms with Crippen molar-refractivity contribution < 1.29 is 9.59 Å². The van der Waals surface area contributed by atoms with E-state index < -0.39 is 5.54 Å². The van der Waals surface area contributed by atoms with Gasteiger partial charge in [-0.05, 0) is 44.3 Å². The molecule has 0 radical (unpaired) electrons. The van der Waals surface area contributed by atoms with E-state index in [-0.39, 0.29) is 18.0 Å². The van der Waals surface area contributed by atoms with Crippen LogP contribution < -0.4 is 21.3 Å². The Balaban J connectivity index is 1.55. The molecule has 136 valence electrons. The number of piperidine rings is 1. The van der Waals surface area contributed by atoms with Crippen LogP contribution in [0, 0.1) is 0 Å². The molecule has 0 bridgehead atoms. The molecular weight excluding hydrogens is 316 g/mol. The SMILES string of the molecule is O=C(NCc1ccccc1)NC1(C(=O)NC2CCNCC2)CCCC1. The third kappa shape index (κ3) is 4.72. The first-order chi connectivity index (χ1) is 12.2. The van der Waals surface area contributed by atoms with Crippen molar-refractivity contribution in [2.45, 2.75) is 56.7 Å². The molecule has 0 atom stereocenters. The smallest absolute Gasteiger partial charge is 0.315 e. The first-order valence-electron chi connectivity index (χ1n) is 9.30. The minimum absolute atomic E-state index is 0.0215. The van der Waals surface area contributed by atoms with Gasteiger partial charge in [-0.1, -0.05) is 43.2 Å². The van der Waals surface area contributed by atoms with Crippen molar-refractivity contribution in [2.75, 3.05) is 13.1 Å². The van der Waals surface area contributed by atoms with E-state index in [9.17, 15) is 9.59 Å². The number of amides is 3. The summed E-state index contributed by atoms with van der Waals surface area (Å²) in [7, 11) is 0. The zero-order valence-electron chi connectivity index (χ0n) is 14.6. The van der Waals surface area contributed by atoms with Crippen LogP contribution in [0.15, 0.2) is 30.3 Å². The van der Waals surface area contributed by atoms with Gasteiger partial charge in [0, 0.05) is 12.6 Å². The summed E-state index contributed by atoms with van der Waals surface area (Å²) in [4.78, 5) is 25.2. The Labute approximate surface area is 149 Å². The first kappa shape index (κ1) is 17.7. The lowest BCUT2D eigenvalue weighted by Gasteiger charge is -2.32. The summed E-state index contributed by atoms with van der Waals surface area (Å²) in [6.45, 7) is 2.32. The molecule has 1 aromatic rings. The monoisotopic (exact) mass is 344 g/mol. The summed E-state index contributed by atoms with van der Waals surface area (Å²) in [5.74, 6) is -0.0215. The van der Waals surface area contributed by atoms with E-state index in [4.69, 9.17) is 0 Å². The van der Waals surface area contributed by atoms with Crippen LogP contribution in [0.1, 0.15) is 44.1 Å². The van der Waals surface area contributed by atoms with Gasteiger partial charge in [-0.15, -0.1) is 0 Å². The highest BCUT2D eigenvalue weighted by Gasteiger charge is 2.43. The van der Waals surface area contributed by atoms with Crippen LogP contribution in [0.4, 0.5) is 4.79 Å². The molecule has 3 rings (SSSR count). The lowest BCUT2D eigenvalue weighted by molar-refractivity contribution is -0.128. The zero-order chi connectivity index (χ0) is 17.5. The number of nitrogens with one attached hydrogen (secondary N) is 4. The lowest BCUT2D eigenvalue weighted by atomic mass is 9.95. The number of carbonyl (C=O) groups is 2. The van der Waals surface area contributed by atoms with Crippen LogP contribution in [0.3, 0.4) is 0 Å². The van der Waals surface area contributed by atoms with Crippen molar-refractivity contribution in [1.29, 1.82) is 0 Å². The predicted molar refractivity (Wildman–Crippen MR) is 97.0 cm³/mol. The zero-order valence-corrected chi connectivity index (χ0v) is 14.6. The molecule has 1 saturated heterocycles. The summed E-state index contributed by atoms with van der Waals surface area (Å²) < 4.78 is 0. The number of hydrogen-bond acceptors (Lipinski definition) is 3. The Hall–Kier alpha value is -2.08. The molecule has 3 amide bonds. The van der Waals surface area contributed by atoms with Gasteiger partial charge >= 0.3 is 6.03 Å². The third-order valence-electron chi connectivity index (χ3n) is 5.21. The summed E-state index contributed by atoms with van der Waals surface area (Å²) in [5, 5.41) is 12.3. The van der Waals surface area contributed by atoms with Gasteiger partial charge in [0.1, 0.15) is 5.54 Å². The summed E-state index contributed by atoms with van der Waals surface area (Å²) in [6, 6.07) is 9.71. The van der Waals surface area contributed by atoms with Gasteiger partial charge < -0.3 is 21.3 Å². The first-order valence-corrected chi connectivity index (χ1v) is 9.30. The fourth-order valence-electron chi connectivity index (χ4n) is 3.72. The molecule has 1 aliphatic heterocycles. The van der Waals surface area contributed by atoms with E-state index in [1.165, 1.54) is 0 Å². The second-order valence-corrected chi connectivity index (χ2v) is 7.08. The summed E-state index contributed by atoms with van der Waals surface area (Å²) in [6.07, 6.45) is 5.26. The normalized spacial score (nSPS) is 20.0. The molecule has 4 N–H and O–H groups in total. The Kier molecular flexibility index (Phi) is 5.91. The van der Waals surface area contributed by atoms with E-state index in [0.29, 0.717) is 19.4 Å². The van der Waals surface area contributed by atoms with Crippen molar-refractivity contribution in [1.82, 2.24) is 21.3 Å². The average Bonchev–Trinajstić information content (AvgIpc) is 3.11. The van der Waals surface area contributed by atoms with Crippen molar-refractivity contribution >= 4 is 11.9 Å². The summed E-state index contributed by atoms with van der Waals surface area (Å²) in [5.41, 5.74) is 0.281. The van der Waals surface area contributed by atoms with Gasteiger partial charge in [-0.25, -0.2) is 4.79 Å². The maximum Gasteiger partial charge on any atom is 0.315 e.